The number of rotatable bonds is 6. The van der Waals surface area contributed by atoms with Gasteiger partial charge in [0.2, 0.25) is 11.6 Å². The van der Waals surface area contributed by atoms with Crippen molar-refractivity contribution in [1.29, 1.82) is 0 Å². The Morgan fingerprint density at radius 3 is 2.11 bits per heavy atom. The van der Waals surface area contributed by atoms with Gasteiger partial charge in [0.05, 0.1) is 19.8 Å². The highest BCUT2D eigenvalue weighted by Crippen LogP contribution is 2.34. The molecule has 220 valence electrons. The third-order valence-electron chi connectivity index (χ3n) is 6.81. The van der Waals surface area contributed by atoms with Gasteiger partial charge in [-0.05, 0) is 69.1 Å². The van der Waals surface area contributed by atoms with E-state index in [2.05, 4.69) is 36.6 Å². The highest BCUT2D eigenvalue weighted by Gasteiger charge is 2.27. The van der Waals surface area contributed by atoms with Crippen LogP contribution in [0.25, 0.3) is 11.1 Å². The fourth-order valence-electron chi connectivity index (χ4n) is 4.70. The first kappa shape index (κ1) is 30.7. The average Bonchev–Trinajstić information content (AvgIpc) is 3.84. The minimum Gasteiger partial charge on any atom is -0.465 e. The van der Waals surface area contributed by atoms with E-state index >= 15 is 0 Å². The first-order valence-corrected chi connectivity index (χ1v) is 15.4. The first-order chi connectivity index (χ1) is 21.2. The molecule has 2 aliphatic rings. The van der Waals surface area contributed by atoms with Gasteiger partial charge in [-0.2, -0.15) is 0 Å². The van der Waals surface area contributed by atoms with Gasteiger partial charge in [-0.25, -0.2) is 19.6 Å². The molecule has 0 atom stereocenters. The summed E-state index contributed by atoms with van der Waals surface area (Å²) >= 11 is 5.55. The van der Waals surface area contributed by atoms with Crippen molar-refractivity contribution in [2.75, 3.05) is 20.0 Å². The number of methoxy groups -OCH3 is 2. The van der Waals surface area contributed by atoms with E-state index in [1.54, 1.807) is 24.3 Å². The van der Waals surface area contributed by atoms with Gasteiger partial charge < -0.3 is 15.2 Å². The maximum atomic E-state index is 12.7. The maximum absolute atomic E-state index is 12.7. The number of nitrogen functional groups attached to an aromatic ring is 1. The van der Waals surface area contributed by atoms with Gasteiger partial charge in [0.15, 0.2) is 15.7 Å². The third kappa shape index (κ3) is 5.90. The molecule has 0 fully saturated rings. The monoisotopic (exact) mass is 687 g/mol. The number of carbonyl (C=O) groups is 4. The van der Waals surface area contributed by atoms with Crippen LogP contribution in [0.1, 0.15) is 68.4 Å². The minimum absolute atomic E-state index is 0.0582. The van der Waals surface area contributed by atoms with Crippen molar-refractivity contribution in [3.8, 4) is 12.3 Å². The Balaban J connectivity index is 0.000000181. The molecule has 0 aliphatic heterocycles. The molecule has 0 unspecified atom stereocenters. The summed E-state index contributed by atoms with van der Waals surface area (Å²) in [6.45, 7) is 0. The lowest BCUT2D eigenvalue weighted by molar-refractivity contribution is 0.0589. The quantitative estimate of drug-likeness (QED) is 0.151. The Kier molecular flexibility index (Phi) is 9.01. The number of esters is 2. The highest BCUT2D eigenvalue weighted by atomic mass is 79.9. The second-order valence-corrected chi connectivity index (χ2v) is 12.7. The zero-order valence-corrected chi connectivity index (χ0v) is 26.5. The number of anilines is 1. The van der Waals surface area contributed by atoms with E-state index in [1.165, 1.54) is 31.1 Å². The van der Waals surface area contributed by atoms with Gasteiger partial charge >= 0.3 is 11.9 Å². The van der Waals surface area contributed by atoms with Crippen LogP contribution in [0.4, 0.5) is 5.00 Å². The van der Waals surface area contributed by atoms with Crippen LogP contribution in [0.2, 0.25) is 0 Å². The Labute approximate surface area is 268 Å². The number of aromatic nitrogens is 2. The fourth-order valence-corrected chi connectivity index (χ4v) is 6.84. The molecule has 44 heavy (non-hydrogen) atoms. The Morgan fingerprint density at radius 1 is 0.864 bits per heavy atom. The van der Waals surface area contributed by atoms with Crippen molar-refractivity contribution in [1.82, 2.24) is 9.97 Å². The molecular formula is C32H22BrN3O6S2. The lowest BCUT2D eigenvalue weighted by Crippen LogP contribution is -2.07. The van der Waals surface area contributed by atoms with Crippen LogP contribution in [-0.2, 0) is 22.3 Å². The summed E-state index contributed by atoms with van der Waals surface area (Å²) < 4.78 is 10.0. The van der Waals surface area contributed by atoms with Gasteiger partial charge in [-0.15, -0.1) is 17.8 Å². The molecule has 2 N–H and O–H groups in total. The number of thiazole rings is 2. The average molecular weight is 689 g/mol. The highest BCUT2D eigenvalue weighted by molar-refractivity contribution is 9.11. The molecule has 2 heterocycles. The fraction of sp³-hybridized carbons (Fsp3) is 0.125. The normalized spacial score (nSPS) is 12.5. The number of benzene rings is 2. The number of Topliss-reactive ketones (excluding diaryl/α,β-unsaturated/α-hetero) is 2. The van der Waals surface area contributed by atoms with Gasteiger partial charge in [0.25, 0.3) is 0 Å². The maximum Gasteiger partial charge on any atom is 0.359 e. The number of ether oxygens (including phenoxy) is 2. The van der Waals surface area contributed by atoms with E-state index in [-0.39, 0.29) is 27.3 Å². The van der Waals surface area contributed by atoms with Gasteiger partial charge in [-0.3, -0.25) is 9.59 Å². The smallest absolute Gasteiger partial charge is 0.359 e. The number of halogens is 1. The van der Waals surface area contributed by atoms with E-state index in [0.29, 0.717) is 28.3 Å². The topological polar surface area (TPSA) is 139 Å². The number of hydrogen-bond donors (Lipinski definition) is 1. The lowest BCUT2D eigenvalue weighted by atomic mass is 10.0. The SMILES string of the molecule is C#Cc1nc(C(=O)C2=CCc3ccccc32)sc1Br.COC(=O)c1ccc2c(c1)CC=C2C(=O)c1nc(C(=O)OC)c(N)s1. The Hall–Kier alpha value is -4.70. The molecule has 6 rings (SSSR count). The van der Waals surface area contributed by atoms with Crippen LogP contribution < -0.4 is 5.73 Å². The molecule has 0 saturated heterocycles. The van der Waals surface area contributed by atoms with Crippen molar-refractivity contribution in [3.63, 3.8) is 0 Å². The predicted octanol–water partition coefficient (Wildman–Crippen LogP) is 5.83. The number of ketones is 2. The van der Waals surface area contributed by atoms with E-state index in [9.17, 15) is 19.2 Å². The zero-order chi connectivity index (χ0) is 31.5. The van der Waals surface area contributed by atoms with Crippen LogP contribution >= 0.6 is 38.6 Å². The van der Waals surface area contributed by atoms with Crippen molar-refractivity contribution in [2.45, 2.75) is 12.8 Å². The summed E-state index contributed by atoms with van der Waals surface area (Å²) in [6.07, 6.45) is 10.4. The molecule has 0 bridgehead atoms. The van der Waals surface area contributed by atoms with E-state index in [0.717, 1.165) is 43.8 Å². The van der Waals surface area contributed by atoms with Crippen LogP contribution in [0, 0.1) is 12.3 Å². The molecule has 2 aromatic heterocycles. The van der Waals surface area contributed by atoms with Crippen LogP contribution in [0.5, 0.6) is 0 Å². The largest absolute Gasteiger partial charge is 0.465 e. The number of nitrogens with two attached hydrogens (primary N) is 1. The van der Waals surface area contributed by atoms with Crippen molar-refractivity contribution in [3.05, 3.63) is 108 Å². The number of fused-ring (bicyclic) bond motifs is 2. The van der Waals surface area contributed by atoms with Gasteiger partial charge in [0, 0.05) is 11.1 Å². The van der Waals surface area contributed by atoms with E-state index in [1.807, 2.05) is 30.3 Å². The second-order valence-electron chi connectivity index (χ2n) is 9.33. The third-order valence-corrected chi connectivity index (χ3v) is 9.40. The minimum atomic E-state index is -0.684. The van der Waals surface area contributed by atoms with Gasteiger partial charge in [0.1, 0.15) is 14.5 Å². The van der Waals surface area contributed by atoms with Crippen molar-refractivity contribution >= 4 is 78.3 Å². The molecule has 0 saturated carbocycles. The summed E-state index contributed by atoms with van der Waals surface area (Å²) in [5.41, 5.74) is 11.6. The summed E-state index contributed by atoms with van der Waals surface area (Å²) in [5.74, 6) is 0.964. The number of allylic oxidation sites excluding steroid dienone is 4. The molecule has 2 aromatic carbocycles. The molecule has 4 aromatic rings. The molecule has 2 aliphatic carbocycles. The van der Waals surface area contributed by atoms with Crippen molar-refractivity contribution in [2.24, 2.45) is 0 Å². The predicted molar refractivity (Wildman–Crippen MR) is 172 cm³/mol. The Morgan fingerprint density at radius 2 is 1.48 bits per heavy atom. The van der Waals surface area contributed by atoms with Crippen LogP contribution in [0.3, 0.4) is 0 Å². The summed E-state index contributed by atoms with van der Waals surface area (Å²) in [5, 5.41) is 0.687. The Bertz CT molecular complexity index is 1960. The number of terminal acetylenes is 1. The molecular weight excluding hydrogens is 666 g/mol. The number of hydrogen-bond acceptors (Lipinski definition) is 11. The standard InChI is InChI=1S/C17H14N2O5S.C15H8BrNOS/c1-23-16(21)9-4-5-10-8(7-9)3-6-11(10)13(20)15-19-12(14(18)25-15)17(22)24-2;1-2-12-14(16)19-15(17-12)13(18)11-8-7-9-5-3-4-6-10(9)11/h4-7H,3,18H2,1-2H3;1,3-6,8H,7H2. The lowest BCUT2D eigenvalue weighted by Gasteiger charge is -2.06. The molecule has 0 radical (unpaired) electrons. The number of nitrogens with zero attached hydrogens (tertiary/aromatic N) is 2. The summed E-state index contributed by atoms with van der Waals surface area (Å²) in [6, 6.07) is 12.9. The molecule has 0 spiro atoms. The van der Waals surface area contributed by atoms with Gasteiger partial charge in [-0.1, -0.05) is 53.8 Å². The zero-order valence-electron chi connectivity index (χ0n) is 23.3. The summed E-state index contributed by atoms with van der Waals surface area (Å²) in [7, 11) is 2.53. The summed E-state index contributed by atoms with van der Waals surface area (Å²) in [4.78, 5) is 56.6. The van der Waals surface area contributed by atoms with E-state index in [4.69, 9.17) is 16.9 Å². The number of carbonyl (C=O) groups excluding carboxylic acids is 4. The van der Waals surface area contributed by atoms with E-state index < -0.39 is 11.9 Å². The second kappa shape index (κ2) is 12.9. The molecule has 0 amide bonds. The molecule has 12 heteroatoms. The first-order valence-electron chi connectivity index (χ1n) is 12.9. The van der Waals surface area contributed by atoms with Crippen molar-refractivity contribution < 1.29 is 28.7 Å². The van der Waals surface area contributed by atoms with Crippen LogP contribution in [0.15, 0.2) is 58.4 Å². The van der Waals surface area contributed by atoms with Crippen LogP contribution in [-0.4, -0.2) is 47.7 Å². The molecule has 9 nitrogen and oxygen atoms in total.